The molecule has 112 valence electrons. The third-order valence-electron chi connectivity index (χ3n) is 3.22. The van der Waals surface area contributed by atoms with Crippen LogP contribution in [-0.2, 0) is 6.42 Å². The van der Waals surface area contributed by atoms with Crippen LogP contribution in [0.5, 0.6) is 0 Å². The molecule has 1 heterocycles. The van der Waals surface area contributed by atoms with Crippen LogP contribution >= 0.6 is 11.6 Å². The van der Waals surface area contributed by atoms with Crippen molar-refractivity contribution in [1.82, 2.24) is 9.97 Å². The number of nitrogens with two attached hydrogens (primary N) is 1. The van der Waals surface area contributed by atoms with E-state index >= 15 is 0 Å². The van der Waals surface area contributed by atoms with Gasteiger partial charge in [0.05, 0.1) is 23.5 Å². The van der Waals surface area contributed by atoms with E-state index < -0.39 is 6.10 Å². The van der Waals surface area contributed by atoms with Gasteiger partial charge in [0.25, 0.3) is 0 Å². The summed E-state index contributed by atoms with van der Waals surface area (Å²) >= 11 is 5.74. The lowest BCUT2D eigenvalue weighted by atomic mass is 10.0. The van der Waals surface area contributed by atoms with Crippen LogP contribution in [0.1, 0.15) is 18.9 Å². The Morgan fingerprint density at radius 2 is 1.86 bits per heavy atom. The first-order chi connectivity index (χ1) is 10.0. The lowest BCUT2D eigenvalue weighted by Crippen LogP contribution is -2.32. The maximum absolute atomic E-state index is 9.37. The van der Waals surface area contributed by atoms with Crippen LogP contribution in [0, 0.1) is 0 Å². The third kappa shape index (κ3) is 4.97. The van der Waals surface area contributed by atoms with Crippen LogP contribution in [0.3, 0.4) is 0 Å². The van der Waals surface area contributed by atoms with Gasteiger partial charge in [0.1, 0.15) is 0 Å². The van der Waals surface area contributed by atoms with Gasteiger partial charge in [-0.2, -0.15) is 0 Å². The number of anilines is 2. The van der Waals surface area contributed by atoms with Crippen molar-refractivity contribution in [2.24, 2.45) is 5.73 Å². The van der Waals surface area contributed by atoms with Crippen LogP contribution in [0.4, 0.5) is 11.6 Å². The largest absolute Gasteiger partial charge is 0.392 e. The molecule has 2 atom stereocenters. The zero-order valence-corrected chi connectivity index (χ0v) is 12.6. The summed E-state index contributed by atoms with van der Waals surface area (Å²) in [7, 11) is 0. The highest BCUT2D eigenvalue weighted by Gasteiger charge is 2.08. The van der Waals surface area contributed by atoms with Crippen molar-refractivity contribution in [3.63, 3.8) is 0 Å². The Bertz CT molecular complexity index is 557. The Labute approximate surface area is 129 Å². The summed E-state index contributed by atoms with van der Waals surface area (Å²) in [6, 6.07) is 7.77. The minimum absolute atomic E-state index is 0.190. The Morgan fingerprint density at radius 3 is 2.43 bits per heavy atom. The molecule has 21 heavy (non-hydrogen) atoms. The Balaban J connectivity index is 1.91. The second-order valence-corrected chi connectivity index (χ2v) is 5.43. The molecule has 0 amide bonds. The monoisotopic (exact) mass is 306 g/mol. The van der Waals surface area contributed by atoms with E-state index in [4.69, 9.17) is 17.3 Å². The van der Waals surface area contributed by atoms with Gasteiger partial charge in [-0.15, -0.1) is 0 Å². The summed E-state index contributed by atoms with van der Waals surface area (Å²) in [5.74, 6) is 0.503. The predicted octanol–water partition coefficient (Wildman–Crippen LogP) is 2.51. The van der Waals surface area contributed by atoms with Crippen LogP contribution in [0.25, 0.3) is 0 Å². The molecule has 2 rings (SSSR count). The van der Waals surface area contributed by atoms with Gasteiger partial charge in [-0.25, -0.2) is 9.97 Å². The number of hydrogen-bond acceptors (Lipinski definition) is 5. The zero-order chi connectivity index (χ0) is 15.2. The average molecular weight is 307 g/mol. The highest BCUT2D eigenvalue weighted by molar-refractivity contribution is 6.30. The summed E-state index contributed by atoms with van der Waals surface area (Å²) < 4.78 is 0. The number of rotatable bonds is 6. The maximum Gasteiger partial charge on any atom is 0.227 e. The lowest BCUT2D eigenvalue weighted by Gasteiger charge is -2.14. The number of aliphatic hydroxyl groups excluding tert-OH is 1. The van der Waals surface area contributed by atoms with E-state index in [0.717, 1.165) is 18.5 Å². The molecule has 0 spiro atoms. The van der Waals surface area contributed by atoms with Crippen molar-refractivity contribution in [3.8, 4) is 0 Å². The summed E-state index contributed by atoms with van der Waals surface area (Å²) in [5, 5.41) is 13.0. The topological polar surface area (TPSA) is 84.1 Å². The van der Waals surface area contributed by atoms with E-state index in [1.807, 2.05) is 24.3 Å². The normalized spacial score (nSPS) is 13.7. The number of aryl methyl sites for hydroxylation is 1. The first-order valence-corrected chi connectivity index (χ1v) is 7.19. The van der Waals surface area contributed by atoms with Gasteiger partial charge < -0.3 is 16.2 Å². The number of aliphatic hydroxyl groups is 1. The van der Waals surface area contributed by atoms with E-state index in [1.165, 1.54) is 5.56 Å². The summed E-state index contributed by atoms with van der Waals surface area (Å²) in [5.41, 5.74) is 7.90. The predicted molar refractivity (Wildman–Crippen MR) is 84.7 cm³/mol. The molecule has 0 radical (unpaired) electrons. The maximum atomic E-state index is 9.37. The third-order valence-corrected chi connectivity index (χ3v) is 3.41. The number of hydrogen-bond donors (Lipinski definition) is 3. The minimum Gasteiger partial charge on any atom is -0.392 e. The molecule has 4 N–H and O–H groups in total. The van der Waals surface area contributed by atoms with E-state index in [-0.39, 0.29) is 6.04 Å². The number of benzene rings is 1. The van der Waals surface area contributed by atoms with Gasteiger partial charge in [0.2, 0.25) is 5.95 Å². The summed E-state index contributed by atoms with van der Waals surface area (Å²) in [4.78, 5) is 8.15. The molecular formula is C15H19ClN4O. The highest BCUT2D eigenvalue weighted by Crippen LogP contribution is 2.16. The highest BCUT2D eigenvalue weighted by atomic mass is 35.5. The van der Waals surface area contributed by atoms with E-state index in [0.29, 0.717) is 11.0 Å². The fraction of sp³-hybridized carbons (Fsp3) is 0.333. The first-order valence-electron chi connectivity index (χ1n) is 6.82. The molecule has 1 aromatic heterocycles. The molecule has 6 heteroatoms. The summed E-state index contributed by atoms with van der Waals surface area (Å²) in [6.07, 6.45) is 4.20. The van der Waals surface area contributed by atoms with Crippen molar-refractivity contribution in [1.29, 1.82) is 0 Å². The van der Waals surface area contributed by atoms with Crippen molar-refractivity contribution >= 4 is 23.2 Å². The van der Waals surface area contributed by atoms with Crippen LogP contribution in [0.2, 0.25) is 5.02 Å². The molecule has 2 aromatic rings. The molecule has 0 bridgehead atoms. The van der Waals surface area contributed by atoms with Crippen molar-refractivity contribution in [3.05, 3.63) is 47.2 Å². The molecule has 0 aliphatic rings. The fourth-order valence-corrected chi connectivity index (χ4v) is 1.93. The first kappa shape index (κ1) is 15.7. The van der Waals surface area contributed by atoms with Crippen LogP contribution in [-0.4, -0.2) is 27.2 Å². The van der Waals surface area contributed by atoms with E-state index in [2.05, 4.69) is 15.3 Å². The Morgan fingerprint density at radius 1 is 1.24 bits per heavy atom. The Hall–Kier alpha value is -1.69. The molecule has 0 aliphatic heterocycles. The van der Waals surface area contributed by atoms with Gasteiger partial charge in [-0.05, 0) is 37.5 Å². The van der Waals surface area contributed by atoms with Crippen molar-refractivity contribution in [2.45, 2.75) is 31.9 Å². The average Bonchev–Trinajstić information content (AvgIpc) is 2.48. The minimum atomic E-state index is -0.479. The molecule has 0 unspecified atom stereocenters. The van der Waals surface area contributed by atoms with E-state index in [1.54, 1.807) is 19.3 Å². The van der Waals surface area contributed by atoms with Gasteiger partial charge in [-0.3, -0.25) is 0 Å². The second-order valence-electron chi connectivity index (χ2n) is 4.99. The zero-order valence-electron chi connectivity index (χ0n) is 11.8. The van der Waals surface area contributed by atoms with Crippen LogP contribution < -0.4 is 11.1 Å². The molecule has 5 nitrogen and oxygen atoms in total. The van der Waals surface area contributed by atoms with E-state index in [9.17, 15) is 5.11 Å². The van der Waals surface area contributed by atoms with Gasteiger partial charge >= 0.3 is 0 Å². The fourth-order valence-electron chi connectivity index (χ4n) is 1.84. The van der Waals surface area contributed by atoms with Crippen LogP contribution in [0.15, 0.2) is 36.7 Å². The standard InChI is InChI=1S/C15H19ClN4O/c1-10(21)14(17)7-4-11-2-5-13(6-3-11)20-15-18-8-12(16)9-19-15/h2-3,5-6,8-10,14,21H,4,7,17H2,1H3,(H,18,19,20)/t10-,14-/m0/s1. The van der Waals surface area contributed by atoms with Crippen molar-refractivity contribution < 1.29 is 5.11 Å². The smallest absolute Gasteiger partial charge is 0.227 e. The van der Waals surface area contributed by atoms with Gasteiger partial charge in [-0.1, -0.05) is 23.7 Å². The number of nitrogens with one attached hydrogen (secondary N) is 1. The number of halogens is 1. The lowest BCUT2D eigenvalue weighted by molar-refractivity contribution is 0.159. The number of aromatic nitrogens is 2. The Kier molecular flexibility index (Phi) is 5.50. The number of nitrogens with zero attached hydrogens (tertiary/aromatic N) is 2. The van der Waals surface area contributed by atoms with Gasteiger partial charge in [0.15, 0.2) is 0 Å². The molecule has 1 aromatic carbocycles. The molecule has 0 saturated heterocycles. The molecule has 0 aliphatic carbocycles. The second kappa shape index (κ2) is 7.36. The SMILES string of the molecule is C[C@H](O)[C@@H](N)CCc1ccc(Nc2ncc(Cl)cn2)cc1. The molecule has 0 saturated carbocycles. The van der Waals surface area contributed by atoms with Crippen molar-refractivity contribution in [2.75, 3.05) is 5.32 Å². The quantitative estimate of drug-likeness (QED) is 0.763. The molecule has 0 fully saturated rings. The molecular weight excluding hydrogens is 288 g/mol. The summed E-state index contributed by atoms with van der Waals surface area (Å²) in [6.45, 7) is 1.71. The van der Waals surface area contributed by atoms with Gasteiger partial charge in [0, 0.05) is 11.7 Å².